The quantitative estimate of drug-likeness (QED) is 0.519. The van der Waals surface area contributed by atoms with Crippen molar-refractivity contribution in [2.45, 2.75) is 11.8 Å². The van der Waals surface area contributed by atoms with Crippen LogP contribution in [0.3, 0.4) is 0 Å². The van der Waals surface area contributed by atoms with Crippen LogP contribution in [0.5, 0.6) is 0 Å². The summed E-state index contributed by atoms with van der Waals surface area (Å²) in [5.41, 5.74) is 1.91. The molecule has 0 saturated heterocycles. The van der Waals surface area contributed by atoms with Gasteiger partial charge in [-0.25, -0.2) is 8.78 Å². The van der Waals surface area contributed by atoms with Crippen LogP contribution in [0.4, 0.5) is 8.78 Å². The number of hydrogen-bond acceptors (Lipinski definition) is 0. The Bertz CT molecular complexity index is 609. The van der Waals surface area contributed by atoms with Crippen LogP contribution >= 0.6 is 43.5 Å². The number of hydrogen-bond donors (Lipinski definition) is 0. The van der Waals surface area contributed by atoms with Crippen molar-refractivity contribution >= 4 is 43.5 Å². The molecule has 0 fully saturated rings. The number of rotatable bonds is 2. The molecule has 0 spiro atoms. The van der Waals surface area contributed by atoms with Gasteiger partial charge in [0, 0.05) is 9.50 Å². The van der Waals surface area contributed by atoms with Crippen LogP contribution in [0.25, 0.3) is 0 Å². The molecule has 0 nitrogen and oxygen atoms in total. The Kier molecular flexibility index (Phi) is 4.64. The molecule has 2 rings (SSSR count). The molecular formula is C14H9Br2ClF2. The average Bonchev–Trinajstić information content (AvgIpc) is 2.31. The minimum Gasteiger partial charge on any atom is -0.207 e. The molecule has 5 heteroatoms. The van der Waals surface area contributed by atoms with E-state index in [1.165, 1.54) is 18.2 Å². The summed E-state index contributed by atoms with van der Waals surface area (Å²) in [6.45, 7) is 1.66. The van der Waals surface area contributed by atoms with E-state index in [1.54, 1.807) is 19.1 Å². The van der Waals surface area contributed by atoms with Gasteiger partial charge < -0.3 is 0 Å². The molecule has 1 atom stereocenters. The molecule has 0 N–H and O–H groups in total. The second kappa shape index (κ2) is 5.90. The fourth-order valence-electron chi connectivity index (χ4n) is 1.77. The smallest absolute Gasteiger partial charge is 0.127 e. The van der Waals surface area contributed by atoms with Gasteiger partial charge in [-0.3, -0.25) is 0 Å². The summed E-state index contributed by atoms with van der Waals surface area (Å²) >= 11 is 12.8. The van der Waals surface area contributed by atoms with Gasteiger partial charge >= 0.3 is 0 Å². The van der Waals surface area contributed by atoms with Gasteiger partial charge in [0.25, 0.3) is 0 Å². The lowest BCUT2D eigenvalue weighted by atomic mass is 10.0. The Morgan fingerprint density at radius 2 is 1.79 bits per heavy atom. The highest BCUT2D eigenvalue weighted by molar-refractivity contribution is 9.10. The third-order valence-electron chi connectivity index (χ3n) is 2.73. The van der Waals surface area contributed by atoms with Crippen LogP contribution in [-0.4, -0.2) is 0 Å². The normalized spacial score (nSPS) is 12.5. The third-order valence-corrected chi connectivity index (χ3v) is 4.54. The zero-order valence-corrected chi connectivity index (χ0v) is 13.8. The lowest BCUT2D eigenvalue weighted by molar-refractivity contribution is 0.617. The first kappa shape index (κ1) is 14.9. The molecule has 0 aliphatic rings. The predicted molar refractivity (Wildman–Crippen MR) is 81.0 cm³/mol. The molecule has 0 aliphatic carbocycles. The first-order chi connectivity index (χ1) is 8.88. The molecule has 0 radical (unpaired) electrons. The van der Waals surface area contributed by atoms with Crippen molar-refractivity contribution in [3.8, 4) is 0 Å². The Balaban J connectivity index is 2.49. The number of benzene rings is 2. The zero-order chi connectivity index (χ0) is 14.2. The molecule has 2 aromatic carbocycles. The van der Waals surface area contributed by atoms with Gasteiger partial charge in [0.2, 0.25) is 0 Å². The summed E-state index contributed by atoms with van der Waals surface area (Å²) in [6.07, 6.45) is 0. The maximum Gasteiger partial charge on any atom is 0.127 e. The van der Waals surface area contributed by atoms with Crippen molar-refractivity contribution < 1.29 is 8.78 Å². The first-order valence-electron chi connectivity index (χ1n) is 5.44. The molecule has 0 amide bonds. The standard InChI is InChI=1S/C14H9Br2ClF2/c1-7-2-11(12(17)6-13(7)19)14(16)8-3-9(15)5-10(18)4-8/h2-6,14H,1H3. The number of halogens is 5. The lowest BCUT2D eigenvalue weighted by Gasteiger charge is -2.14. The topological polar surface area (TPSA) is 0 Å². The van der Waals surface area contributed by atoms with Crippen LogP contribution in [0, 0.1) is 18.6 Å². The molecule has 0 aromatic heterocycles. The third kappa shape index (κ3) is 3.36. The Hall–Kier alpha value is -0.450. The van der Waals surface area contributed by atoms with Gasteiger partial charge in [-0.05, 0) is 47.9 Å². The molecule has 2 aromatic rings. The van der Waals surface area contributed by atoms with Crippen LogP contribution in [-0.2, 0) is 0 Å². The van der Waals surface area contributed by atoms with Gasteiger partial charge in [-0.1, -0.05) is 49.5 Å². The molecule has 0 bridgehead atoms. The predicted octanol–water partition coefficient (Wildman–Crippen LogP) is 6.17. The Morgan fingerprint density at radius 1 is 1.11 bits per heavy atom. The van der Waals surface area contributed by atoms with Gasteiger partial charge in [0.15, 0.2) is 0 Å². The summed E-state index contributed by atoms with van der Waals surface area (Å²) < 4.78 is 27.4. The molecule has 1 unspecified atom stereocenters. The highest BCUT2D eigenvalue weighted by Gasteiger charge is 2.17. The zero-order valence-electron chi connectivity index (χ0n) is 9.85. The maximum atomic E-state index is 13.4. The van der Waals surface area contributed by atoms with Crippen LogP contribution in [0.1, 0.15) is 21.5 Å². The van der Waals surface area contributed by atoms with E-state index in [2.05, 4.69) is 31.9 Å². The van der Waals surface area contributed by atoms with Crippen molar-refractivity contribution in [2.24, 2.45) is 0 Å². The summed E-state index contributed by atoms with van der Waals surface area (Å²) in [5, 5.41) is 0.311. The van der Waals surface area contributed by atoms with Crippen LogP contribution in [0.15, 0.2) is 34.8 Å². The largest absolute Gasteiger partial charge is 0.207 e. The van der Waals surface area contributed by atoms with Crippen LogP contribution in [0.2, 0.25) is 5.02 Å². The van der Waals surface area contributed by atoms with Crippen molar-refractivity contribution in [1.29, 1.82) is 0 Å². The Labute approximate surface area is 132 Å². The van der Waals surface area contributed by atoms with E-state index in [1.807, 2.05) is 0 Å². The average molecular weight is 410 g/mol. The summed E-state index contributed by atoms with van der Waals surface area (Å²) in [7, 11) is 0. The van der Waals surface area contributed by atoms with Gasteiger partial charge in [-0.2, -0.15) is 0 Å². The van der Waals surface area contributed by atoms with Crippen molar-refractivity contribution in [3.63, 3.8) is 0 Å². The molecule has 0 saturated carbocycles. The molecular weight excluding hydrogens is 401 g/mol. The minimum atomic E-state index is -0.353. The van der Waals surface area contributed by atoms with Gasteiger partial charge in [0.05, 0.1) is 4.83 Å². The molecule has 19 heavy (non-hydrogen) atoms. The summed E-state index contributed by atoms with van der Waals surface area (Å²) in [4.78, 5) is -0.300. The highest BCUT2D eigenvalue weighted by Crippen LogP contribution is 2.37. The van der Waals surface area contributed by atoms with E-state index in [-0.39, 0.29) is 16.5 Å². The van der Waals surface area contributed by atoms with Gasteiger partial charge in [0.1, 0.15) is 11.6 Å². The lowest BCUT2D eigenvalue weighted by Crippen LogP contribution is -1.97. The first-order valence-corrected chi connectivity index (χ1v) is 7.52. The highest BCUT2D eigenvalue weighted by atomic mass is 79.9. The van der Waals surface area contributed by atoms with Crippen molar-refractivity contribution in [3.05, 3.63) is 68.2 Å². The molecule has 0 heterocycles. The number of aryl methyl sites for hydroxylation is 1. The van der Waals surface area contributed by atoms with E-state index in [0.29, 0.717) is 26.2 Å². The van der Waals surface area contributed by atoms with E-state index in [0.717, 1.165) is 0 Å². The van der Waals surface area contributed by atoms with Crippen molar-refractivity contribution in [1.82, 2.24) is 0 Å². The Morgan fingerprint density at radius 3 is 2.42 bits per heavy atom. The van der Waals surface area contributed by atoms with E-state index in [9.17, 15) is 8.78 Å². The fraction of sp³-hybridized carbons (Fsp3) is 0.143. The SMILES string of the molecule is Cc1cc(C(Br)c2cc(F)cc(Br)c2)c(Cl)cc1F. The van der Waals surface area contributed by atoms with Gasteiger partial charge in [-0.15, -0.1) is 0 Å². The monoisotopic (exact) mass is 408 g/mol. The van der Waals surface area contributed by atoms with E-state index < -0.39 is 0 Å². The summed E-state index contributed by atoms with van der Waals surface area (Å²) in [5.74, 6) is -0.697. The second-order valence-electron chi connectivity index (χ2n) is 4.19. The van der Waals surface area contributed by atoms with E-state index in [4.69, 9.17) is 11.6 Å². The van der Waals surface area contributed by atoms with Crippen LogP contribution < -0.4 is 0 Å². The van der Waals surface area contributed by atoms with E-state index >= 15 is 0 Å². The number of alkyl halides is 1. The van der Waals surface area contributed by atoms with Crippen molar-refractivity contribution in [2.75, 3.05) is 0 Å². The summed E-state index contributed by atoms with van der Waals surface area (Å²) in [6, 6.07) is 7.52. The maximum absolute atomic E-state index is 13.4. The fourth-order valence-corrected chi connectivity index (χ4v) is 3.29. The second-order valence-corrected chi connectivity index (χ2v) is 6.43. The minimum absolute atomic E-state index is 0.300. The molecule has 0 aliphatic heterocycles. The molecule has 100 valence electrons.